The van der Waals surface area contributed by atoms with E-state index in [2.05, 4.69) is 28.7 Å². The molecular formula is C19H19N3O3. The number of aromatic nitrogens is 2. The van der Waals surface area contributed by atoms with E-state index in [9.17, 15) is 4.79 Å². The Bertz CT molecular complexity index is 840. The Hall–Kier alpha value is -2.86. The zero-order valence-electron chi connectivity index (χ0n) is 13.7. The molecular weight excluding hydrogens is 318 g/mol. The second-order valence-corrected chi connectivity index (χ2v) is 6.02. The molecule has 1 N–H and O–H groups in total. The van der Waals surface area contributed by atoms with Crippen LogP contribution in [0.2, 0.25) is 0 Å². The molecule has 2 aromatic heterocycles. The van der Waals surface area contributed by atoms with Gasteiger partial charge in [0.1, 0.15) is 6.10 Å². The summed E-state index contributed by atoms with van der Waals surface area (Å²) >= 11 is 0. The van der Waals surface area contributed by atoms with Crippen LogP contribution < -0.4 is 5.32 Å². The number of ether oxygens (including phenoxy) is 1. The lowest BCUT2D eigenvalue weighted by Crippen LogP contribution is -2.31. The van der Waals surface area contributed by atoms with Crippen molar-refractivity contribution in [3.63, 3.8) is 0 Å². The van der Waals surface area contributed by atoms with Crippen molar-refractivity contribution >= 4 is 5.91 Å². The van der Waals surface area contributed by atoms with E-state index in [1.165, 1.54) is 17.4 Å². The Balaban J connectivity index is 1.45. The van der Waals surface area contributed by atoms with Crippen molar-refractivity contribution in [1.82, 2.24) is 15.1 Å². The Morgan fingerprint density at radius 3 is 2.92 bits per heavy atom. The summed E-state index contributed by atoms with van der Waals surface area (Å²) in [6.07, 6.45) is 4.16. The van der Waals surface area contributed by atoms with Crippen LogP contribution in [-0.2, 0) is 17.7 Å². The summed E-state index contributed by atoms with van der Waals surface area (Å²) in [4.78, 5) is 12.0. The maximum absolute atomic E-state index is 12.0. The highest BCUT2D eigenvalue weighted by Crippen LogP contribution is 2.25. The summed E-state index contributed by atoms with van der Waals surface area (Å²) < 4.78 is 12.9. The molecule has 0 saturated heterocycles. The van der Waals surface area contributed by atoms with E-state index in [-0.39, 0.29) is 12.0 Å². The lowest BCUT2D eigenvalue weighted by molar-refractivity contribution is 0.0380. The van der Waals surface area contributed by atoms with Gasteiger partial charge in [-0.3, -0.25) is 9.48 Å². The van der Waals surface area contributed by atoms with Crippen LogP contribution in [0.4, 0.5) is 0 Å². The first-order chi connectivity index (χ1) is 12.3. The minimum absolute atomic E-state index is 0.236. The van der Waals surface area contributed by atoms with Gasteiger partial charge in [-0.2, -0.15) is 5.10 Å². The predicted molar refractivity (Wildman–Crippen MR) is 91.2 cm³/mol. The lowest BCUT2D eigenvalue weighted by atomic mass is 10.1. The third-order valence-electron chi connectivity index (χ3n) is 4.25. The highest BCUT2D eigenvalue weighted by Gasteiger charge is 2.25. The highest BCUT2D eigenvalue weighted by molar-refractivity contribution is 5.91. The molecule has 6 nitrogen and oxygen atoms in total. The van der Waals surface area contributed by atoms with Gasteiger partial charge in [0.2, 0.25) is 0 Å². The largest absolute Gasteiger partial charge is 0.459 e. The molecule has 1 amide bonds. The molecule has 0 radical (unpaired) electrons. The maximum atomic E-state index is 12.0. The van der Waals surface area contributed by atoms with Gasteiger partial charge in [0.05, 0.1) is 25.1 Å². The van der Waals surface area contributed by atoms with Crippen LogP contribution in [0, 0.1) is 0 Å². The first-order valence-electron chi connectivity index (χ1n) is 8.33. The summed E-state index contributed by atoms with van der Waals surface area (Å²) in [6.45, 7) is 1.72. The normalized spacial score (nSPS) is 16.4. The summed E-state index contributed by atoms with van der Waals surface area (Å²) in [5.74, 6) is 0.0510. The summed E-state index contributed by atoms with van der Waals surface area (Å²) in [5.41, 5.74) is 3.28. The Kier molecular flexibility index (Phi) is 4.35. The number of nitrogens with zero attached hydrogens (tertiary/aromatic N) is 2. The Labute approximate surface area is 145 Å². The van der Waals surface area contributed by atoms with E-state index in [0.29, 0.717) is 18.9 Å². The van der Waals surface area contributed by atoms with Gasteiger partial charge in [-0.25, -0.2) is 0 Å². The molecule has 0 spiro atoms. The van der Waals surface area contributed by atoms with Gasteiger partial charge in [0, 0.05) is 12.7 Å². The number of hydrogen-bond acceptors (Lipinski definition) is 4. The van der Waals surface area contributed by atoms with Crippen LogP contribution in [-0.4, -0.2) is 28.8 Å². The molecule has 1 aliphatic heterocycles. The van der Waals surface area contributed by atoms with E-state index in [4.69, 9.17) is 9.15 Å². The summed E-state index contributed by atoms with van der Waals surface area (Å²) in [7, 11) is 0. The van der Waals surface area contributed by atoms with Gasteiger partial charge in [0.15, 0.2) is 5.76 Å². The number of benzene rings is 1. The highest BCUT2D eigenvalue weighted by atomic mass is 16.5. The SMILES string of the molecule is O=C(NCC1OCCc2cn(Cc3ccccc3)nc21)c1ccco1. The number of amides is 1. The number of carbonyl (C=O) groups is 1. The molecule has 0 saturated carbocycles. The number of nitrogens with one attached hydrogen (secondary N) is 1. The maximum Gasteiger partial charge on any atom is 0.287 e. The van der Waals surface area contributed by atoms with Crippen molar-refractivity contribution in [2.45, 2.75) is 19.1 Å². The van der Waals surface area contributed by atoms with E-state index in [1.807, 2.05) is 22.9 Å². The van der Waals surface area contributed by atoms with Crippen molar-refractivity contribution in [2.75, 3.05) is 13.2 Å². The third kappa shape index (κ3) is 3.49. The average molecular weight is 337 g/mol. The first kappa shape index (κ1) is 15.7. The third-order valence-corrected chi connectivity index (χ3v) is 4.25. The van der Waals surface area contributed by atoms with E-state index >= 15 is 0 Å². The molecule has 6 heteroatoms. The van der Waals surface area contributed by atoms with Crippen molar-refractivity contribution in [2.24, 2.45) is 0 Å². The Morgan fingerprint density at radius 2 is 2.12 bits per heavy atom. The number of hydrogen-bond donors (Lipinski definition) is 1. The van der Waals surface area contributed by atoms with E-state index in [1.54, 1.807) is 12.1 Å². The molecule has 0 bridgehead atoms. The standard InChI is InChI=1S/C19H19N3O3/c23-19(16-7-4-9-24-16)20-11-17-18-15(8-10-25-17)13-22(21-18)12-14-5-2-1-3-6-14/h1-7,9,13,17H,8,10-12H2,(H,20,23). The van der Waals surface area contributed by atoms with Crippen molar-refractivity contribution in [3.05, 3.63) is 77.5 Å². The molecule has 128 valence electrons. The molecule has 1 unspecified atom stereocenters. The zero-order chi connectivity index (χ0) is 17.1. The fourth-order valence-electron chi connectivity index (χ4n) is 3.02. The molecule has 3 heterocycles. The van der Waals surface area contributed by atoms with Gasteiger partial charge in [-0.1, -0.05) is 30.3 Å². The average Bonchev–Trinajstić information content (AvgIpc) is 3.30. The smallest absolute Gasteiger partial charge is 0.287 e. The predicted octanol–water partition coefficient (Wildman–Crippen LogP) is 2.57. The topological polar surface area (TPSA) is 69.3 Å². The number of carbonyl (C=O) groups excluding carboxylic acids is 1. The molecule has 0 aliphatic carbocycles. The number of furan rings is 1. The molecule has 4 rings (SSSR count). The van der Waals surface area contributed by atoms with Crippen molar-refractivity contribution < 1.29 is 13.9 Å². The molecule has 3 aromatic rings. The quantitative estimate of drug-likeness (QED) is 0.777. The van der Waals surface area contributed by atoms with Crippen LogP contribution in [0.1, 0.15) is 33.5 Å². The second kappa shape index (κ2) is 6.94. The van der Waals surface area contributed by atoms with Crippen LogP contribution >= 0.6 is 0 Å². The van der Waals surface area contributed by atoms with Crippen LogP contribution in [0.15, 0.2) is 59.3 Å². The van der Waals surface area contributed by atoms with E-state index < -0.39 is 0 Å². The summed E-state index contributed by atoms with van der Waals surface area (Å²) in [5, 5.41) is 7.53. The zero-order valence-corrected chi connectivity index (χ0v) is 13.7. The molecule has 25 heavy (non-hydrogen) atoms. The van der Waals surface area contributed by atoms with Crippen LogP contribution in [0.5, 0.6) is 0 Å². The molecule has 1 atom stereocenters. The van der Waals surface area contributed by atoms with Crippen LogP contribution in [0.3, 0.4) is 0 Å². The van der Waals surface area contributed by atoms with Gasteiger partial charge in [-0.05, 0) is 29.7 Å². The van der Waals surface area contributed by atoms with E-state index in [0.717, 1.165) is 18.7 Å². The van der Waals surface area contributed by atoms with Crippen molar-refractivity contribution in [3.8, 4) is 0 Å². The molecule has 1 aliphatic rings. The fourth-order valence-corrected chi connectivity index (χ4v) is 3.02. The number of rotatable bonds is 5. The van der Waals surface area contributed by atoms with Gasteiger partial charge in [0.25, 0.3) is 5.91 Å². The number of fused-ring (bicyclic) bond motifs is 1. The molecule has 1 aromatic carbocycles. The minimum Gasteiger partial charge on any atom is -0.459 e. The fraction of sp³-hybridized carbons (Fsp3) is 0.263. The Morgan fingerprint density at radius 1 is 1.24 bits per heavy atom. The van der Waals surface area contributed by atoms with Gasteiger partial charge in [-0.15, -0.1) is 0 Å². The second-order valence-electron chi connectivity index (χ2n) is 6.02. The van der Waals surface area contributed by atoms with Gasteiger partial charge < -0.3 is 14.5 Å². The lowest BCUT2D eigenvalue weighted by Gasteiger charge is -2.22. The first-order valence-corrected chi connectivity index (χ1v) is 8.33. The molecule has 0 fully saturated rings. The van der Waals surface area contributed by atoms with Crippen molar-refractivity contribution in [1.29, 1.82) is 0 Å². The van der Waals surface area contributed by atoms with Gasteiger partial charge >= 0.3 is 0 Å². The minimum atomic E-state index is -0.246. The monoisotopic (exact) mass is 337 g/mol. The summed E-state index contributed by atoms with van der Waals surface area (Å²) in [6, 6.07) is 13.5. The van der Waals surface area contributed by atoms with Crippen LogP contribution in [0.25, 0.3) is 0 Å².